The van der Waals surface area contributed by atoms with Crippen LogP contribution in [0, 0.1) is 5.92 Å². The van der Waals surface area contributed by atoms with Gasteiger partial charge in [0.2, 0.25) is 0 Å². The van der Waals surface area contributed by atoms with Crippen LogP contribution in [0.5, 0.6) is 0 Å². The van der Waals surface area contributed by atoms with Crippen molar-refractivity contribution >= 4 is 11.3 Å². The molecule has 4 heteroatoms. The molecule has 1 aromatic rings. The van der Waals surface area contributed by atoms with Crippen molar-refractivity contribution in [3.05, 3.63) is 22.4 Å². The monoisotopic (exact) mass is 241 g/mol. The summed E-state index contributed by atoms with van der Waals surface area (Å²) in [4.78, 5) is 1.04. The molecule has 1 aliphatic heterocycles. The fourth-order valence-electron chi connectivity index (χ4n) is 1.96. The average molecular weight is 241 g/mol. The molecular formula is C12H19NO2S. The van der Waals surface area contributed by atoms with Crippen LogP contribution >= 0.6 is 11.3 Å². The zero-order valence-electron chi connectivity index (χ0n) is 9.39. The highest BCUT2D eigenvalue weighted by molar-refractivity contribution is 7.10. The molecule has 16 heavy (non-hydrogen) atoms. The smallest absolute Gasteiger partial charge is 0.101 e. The first-order valence-corrected chi connectivity index (χ1v) is 6.74. The van der Waals surface area contributed by atoms with E-state index in [-0.39, 0.29) is 6.10 Å². The summed E-state index contributed by atoms with van der Waals surface area (Å²) in [5, 5.41) is 15.2. The first-order valence-electron chi connectivity index (χ1n) is 5.86. The summed E-state index contributed by atoms with van der Waals surface area (Å²) in [6.45, 7) is 3.42. The quantitative estimate of drug-likeness (QED) is 0.826. The van der Waals surface area contributed by atoms with Crippen LogP contribution in [0.3, 0.4) is 0 Å². The highest BCUT2D eigenvalue weighted by Crippen LogP contribution is 2.18. The lowest BCUT2D eigenvalue weighted by Crippen LogP contribution is -2.30. The summed E-state index contributed by atoms with van der Waals surface area (Å²) in [5.74, 6) is 0.712. The average Bonchev–Trinajstić information content (AvgIpc) is 2.84. The molecule has 3 nitrogen and oxygen atoms in total. The molecule has 0 amide bonds. The number of aliphatic hydroxyl groups is 1. The Bertz CT molecular complexity index is 283. The van der Waals surface area contributed by atoms with Gasteiger partial charge >= 0.3 is 0 Å². The predicted octanol–water partition coefficient (Wildman–Crippen LogP) is 1.80. The Morgan fingerprint density at radius 1 is 1.50 bits per heavy atom. The van der Waals surface area contributed by atoms with Gasteiger partial charge in [-0.05, 0) is 36.8 Å². The predicted molar refractivity (Wildman–Crippen MR) is 65.7 cm³/mol. The van der Waals surface area contributed by atoms with Gasteiger partial charge in [0.15, 0.2) is 0 Å². The third kappa shape index (κ3) is 3.56. The van der Waals surface area contributed by atoms with E-state index >= 15 is 0 Å². The molecule has 1 aliphatic rings. The van der Waals surface area contributed by atoms with Crippen molar-refractivity contribution in [3.63, 3.8) is 0 Å². The van der Waals surface area contributed by atoms with Gasteiger partial charge in [-0.2, -0.15) is 0 Å². The Hall–Kier alpha value is -0.420. The maximum Gasteiger partial charge on any atom is 0.101 e. The third-order valence-corrected chi connectivity index (χ3v) is 3.96. The fourth-order valence-corrected chi connectivity index (χ4v) is 2.67. The van der Waals surface area contributed by atoms with Gasteiger partial charge in [-0.1, -0.05) is 6.07 Å². The van der Waals surface area contributed by atoms with E-state index in [4.69, 9.17) is 4.74 Å². The van der Waals surface area contributed by atoms with Gasteiger partial charge in [-0.25, -0.2) is 0 Å². The Kier molecular flexibility index (Phi) is 4.78. The number of hydrogen-bond acceptors (Lipinski definition) is 4. The topological polar surface area (TPSA) is 41.5 Å². The van der Waals surface area contributed by atoms with Gasteiger partial charge < -0.3 is 15.2 Å². The second kappa shape index (κ2) is 6.35. The summed E-state index contributed by atoms with van der Waals surface area (Å²) in [5.41, 5.74) is 0. The zero-order valence-corrected chi connectivity index (χ0v) is 10.2. The highest BCUT2D eigenvalue weighted by Gasteiger charge is 2.14. The normalized spacial score (nSPS) is 19.8. The first-order chi connectivity index (χ1) is 7.86. The summed E-state index contributed by atoms with van der Waals surface area (Å²) >= 11 is 1.61. The van der Waals surface area contributed by atoms with E-state index in [0.717, 1.165) is 37.5 Å². The van der Waals surface area contributed by atoms with Crippen LogP contribution in [0.4, 0.5) is 0 Å². The Morgan fingerprint density at radius 3 is 3.00 bits per heavy atom. The summed E-state index contributed by atoms with van der Waals surface area (Å²) < 4.78 is 5.31. The molecule has 1 aromatic heterocycles. The molecule has 0 bridgehead atoms. The Labute approximate surface area is 100 Å². The van der Waals surface area contributed by atoms with Crippen molar-refractivity contribution < 1.29 is 9.84 Å². The SMILES string of the molecule is OC(CNCC1CCOCC1)c1cccs1. The van der Waals surface area contributed by atoms with Gasteiger partial charge in [-0.3, -0.25) is 0 Å². The van der Waals surface area contributed by atoms with Crippen LogP contribution in [0.25, 0.3) is 0 Å². The molecule has 90 valence electrons. The van der Waals surface area contributed by atoms with Crippen molar-refractivity contribution in [1.82, 2.24) is 5.32 Å². The minimum absolute atomic E-state index is 0.361. The Balaban J connectivity index is 1.63. The van der Waals surface area contributed by atoms with Gasteiger partial charge in [0, 0.05) is 24.6 Å². The molecular weight excluding hydrogens is 222 g/mol. The van der Waals surface area contributed by atoms with Crippen molar-refractivity contribution in [2.24, 2.45) is 5.92 Å². The number of hydrogen-bond donors (Lipinski definition) is 2. The molecule has 1 atom stereocenters. The number of rotatable bonds is 5. The minimum Gasteiger partial charge on any atom is -0.386 e. The molecule has 1 fully saturated rings. The molecule has 0 radical (unpaired) electrons. The van der Waals surface area contributed by atoms with Crippen molar-refractivity contribution in [3.8, 4) is 0 Å². The van der Waals surface area contributed by atoms with E-state index < -0.39 is 0 Å². The summed E-state index contributed by atoms with van der Waals surface area (Å²) in [7, 11) is 0. The van der Waals surface area contributed by atoms with E-state index in [1.54, 1.807) is 11.3 Å². The Morgan fingerprint density at radius 2 is 2.31 bits per heavy atom. The van der Waals surface area contributed by atoms with E-state index in [0.29, 0.717) is 12.5 Å². The lowest BCUT2D eigenvalue weighted by molar-refractivity contribution is 0.0650. The standard InChI is InChI=1S/C12H19NO2S/c14-11(12-2-1-7-16-12)9-13-8-10-3-5-15-6-4-10/h1-2,7,10-11,13-14H,3-6,8-9H2. The van der Waals surface area contributed by atoms with Crippen molar-refractivity contribution in [1.29, 1.82) is 0 Å². The summed E-state index contributed by atoms with van der Waals surface area (Å²) in [6, 6.07) is 3.95. The molecule has 0 spiro atoms. The van der Waals surface area contributed by atoms with Gasteiger partial charge in [0.1, 0.15) is 6.10 Å². The second-order valence-corrected chi connectivity index (χ2v) is 5.22. The van der Waals surface area contributed by atoms with E-state index in [1.165, 1.54) is 0 Å². The molecule has 0 saturated carbocycles. The van der Waals surface area contributed by atoms with Crippen LogP contribution in [-0.4, -0.2) is 31.4 Å². The molecule has 0 aromatic carbocycles. The molecule has 2 heterocycles. The van der Waals surface area contributed by atoms with Crippen LogP contribution in [-0.2, 0) is 4.74 Å². The van der Waals surface area contributed by atoms with Gasteiger partial charge in [0.05, 0.1) is 0 Å². The van der Waals surface area contributed by atoms with Gasteiger partial charge in [0.25, 0.3) is 0 Å². The number of ether oxygens (including phenoxy) is 1. The lowest BCUT2D eigenvalue weighted by Gasteiger charge is -2.22. The van der Waals surface area contributed by atoms with Crippen molar-refractivity contribution in [2.45, 2.75) is 18.9 Å². The largest absolute Gasteiger partial charge is 0.386 e. The zero-order chi connectivity index (χ0) is 11.2. The maximum absolute atomic E-state index is 9.86. The summed E-state index contributed by atoms with van der Waals surface area (Å²) in [6.07, 6.45) is 1.92. The van der Waals surface area contributed by atoms with Gasteiger partial charge in [-0.15, -0.1) is 11.3 Å². The van der Waals surface area contributed by atoms with Crippen LogP contribution in [0.1, 0.15) is 23.8 Å². The first kappa shape index (κ1) is 12.0. The van der Waals surface area contributed by atoms with Crippen LogP contribution in [0.2, 0.25) is 0 Å². The lowest BCUT2D eigenvalue weighted by atomic mass is 10.0. The van der Waals surface area contributed by atoms with E-state index in [2.05, 4.69) is 5.32 Å². The molecule has 2 rings (SSSR count). The third-order valence-electron chi connectivity index (χ3n) is 2.98. The molecule has 1 unspecified atom stereocenters. The van der Waals surface area contributed by atoms with E-state index in [1.807, 2.05) is 17.5 Å². The molecule has 2 N–H and O–H groups in total. The molecule has 1 saturated heterocycles. The second-order valence-electron chi connectivity index (χ2n) is 4.25. The minimum atomic E-state index is -0.361. The molecule has 0 aliphatic carbocycles. The maximum atomic E-state index is 9.86. The number of aliphatic hydroxyl groups excluding tert-OH is 1. The number of nitrogens with one attached hydrogen (secondary N) is 1. The van der Waals surface area contributed by atoms with E-state index in [9.17, 15) is 5.11 Å². The number of thiophene rings is 1. The van der Waals surface area contributed by atoms with Crippen LogP contribution < -0.4 is 5.32 Å². The van der Waals surface area contributed by atoms with Crippen LogP contribution in [0.15, 0.2) is 17.5 Å². The highest BCUT2D eigenvalue weighted by atomic mass is 32.1. The fraction of sp³-hybridized carbons (Fsp3) is 0.667. The van der Waals surface area contributed by atoms with Crippen molar-refractivity contribution in [2.75, 3.05) is 26.3 Å².